The van der Waals surface area contributed by atoms with E-state index in [1.807, 2.05) is 0 Å². The Bertz CT molecular complexity index is 1130. The number of anilines is 1. The van der Waals surface area contributed by atoms with E-state index < -0.39 is 43.6 Å². The van der Waals surface area contributed by atoms with E-state index in [4.69, 9.17) is 24.5 Å². The quantitative estimate of drug-likeness (QED) is 0.289. The minimum absolute atomic E-state index is 0.264. The van der Waals surface area contributed by atoms with Crippen LogP contribution in [0.25, 0.3) is 11.2 Å². The molecule has 2 heterocycles. The summed E-state index contributed by atoms with van der Waals surface area (Å²) >= 11 is 0. The Morgan fingerprint density at radius 3 is 2.39 bits per heavy atom. The summed E-state index contributed by atoms with van der Waals surface area (Å²) in [6.45, 7) is 10.4. The molecule has 3 N–H and O–H groups in total. The van der Waals surface area contributed by atoms with Crippen molar-refractivity contribution in [3.8, 4) is 0 Å². The molecule has 36 heavy (non-hydrogen) atoms. The highest BCUT2D eigenvalue weighted by atomic mass is 31.2. The van der Waals surface area contributed by atoms with Crippen molar-refractivity contribution >= 4 is 36.4 Å². The van der Waals surface area contributed by atoms with Crippen LogP contribution in [0.4, 0.5) is 5.82 Å². The number of hydrogen-bond acceptors (Lipinski definition) is 11. The molecule has 0 bridgehead atoms. The van der Waals surface area contributed by atoms with Gasteiger partial charge in [0.1, 0.15) is 23.7 Å². The van der Waals surface area contributed by atoms with E-state index in [1.165, 1.54) is 13.3 Å². The van der Waals surface area contributed by atoms with Crippen LogP contribution >= 0.6 is 7.52 Å². The first-order valence-electron chi connectivity index (χ1n) is 11.9. The van der Waals surface area contributed by atoms with Crippen molar-refractivity contribution in [2.24, 2.45) is 0 Å². The maximum atomic E-state index is 13.9. The highest BCUT2D eigenvalue weighted by Crippen LogP contribution is 2.52. The fourth-order valence-corrected chi connectivity index (χ4v) is 5.64. The van der Waals surface area contributed by atoms with Gasteiger partial charge in [0.25, 0.3) is 7.52 Å². The minimum atomic E-state index is -3.87. The molecule has 1 fully saturated rings. The van der Waals surface area contributed by atoms with E-state index in [9.17, 15) is 14.2 Å². The number of aromatic nitrogens is 4. The zero-order valence-corrected chi connectivity index (χ0v) is 22.4. The van der Waals surface area contributed by atoms with Gasteiger partial charge in [-0.05, 0) is 54.4 Å². The van der Waals surface area contributed by atoms with E-state index in [1.54, 1.807) is 45.5 Å². The van der Waals surface area contributed by atoms with Gasteiger partial charge in [-0.3, -0.25) is 9.36 Å². The second-order valence-corrected chi connectivity index (χ2v) is 11.5. The van der Waals surface area contributed by atoms with Crippen LogP contribution in [0.3, 0.4) is 0 Å². The van der Waals surface area contributed by atoms with E-state index in [2.05, 4.69) is 20.0 Å². The number of ether oxygens (including phenoxy) is 3. The predicted octanol–water partition coefficient (Wildman–Crippen LogP) is 2.39. The van der Waals surface area contributed by atoms with Gasteiger partial charge in [-0.1, -0.05) is 0 Å². The molecule has 0 amide bonds. The molecule has 1 saturated carbocycles. The number of rotatable bonds is 13. The molecule has 0 aliphatic heterocycles. The number of nitrogen functional groups attached to an aromatic ring is 1. The third-order valence-corrected chi connectivity index (χ3v) is 7.21. The number of nitrogens with one attached hydrogen (secondary N) is 1. The topological polar surface area (TPSA) is 170 Å². The zero-order chi connectivity index (χ0) is 26.7. The summed E-state index contributed by atoms with van der Waals surface area (Å²) < 4.78 is 37.7. The first-order chi connectivity index (χ1) is 16.8. The molecule has 1 aliphatic carbocycles. The summed E-state index contributed by atoms with van der Waals surface area (Å²) in [5, 5.41) is 2.85. The maximum absolute atomic E-state index is 13.9. The van der Waals surface area contributed by atoms with Gasteiger partial charge in [0.05, 0.1) is 31.2 Å². The lowest BCUT2D eigenvalue weighted by molar-refractivity contribution is -0.155. The molecule has 1 unspecified atom stereocenters. The van der Waals surface area contributed by atoms with E-state index in [0.29, 0.717) is 30.6 Å². The van der Waals surface area contributed by atoms with E-state index in [0.717, 1.165) is 0 Å². The SMILES string of the molecule is CC(C)OC(=O)[C@H](C)OP(=O)(CO[C@H](C)Cn1cnc2c(N)ncnc21)NC1(C(=O)OC(C)C)CC1. The van der Waals surface area contributed by atoms with Crippen LogP contribution in [0.15, 0.2) is 12.7 Å². The first-order valence-corrected chi connectivity index (χ1v) is 13.7. The molecule has 0 radical (unpaired) electrons. The van der Waals surface area contributed by atoms with Gasteiger partial charge in [0.2, 0.25) is 0 Å². The first kappa shape index (κ1) is 28.0. The van der Waals surface area contributed by atoms with Gasteiger partial charge in [0, 0.05) is 0 Å². The molecule has 200 valence electrons. The van der Waals surface area contributed by atoms with Crippen LogP contribution in [-0.2, 0) is 39.4 Å². The average molecular weight is 527 g/mol. The zero-order valence-electron chi connectivity index (χ0n) is 21.5. The van der Waals surface area contributed by atoms with Crippen LogP contribution in [0.1, 0.15) is 54.4 Å². The molecule has 1 aliphatic rings. The second kappa shape index (κ2) is 11.2. The number of fused-ring (bicyclic) bond motifs is 1. The fourth-order valence-electron chi connectivity index (χ4n) is 3.44. The fraction of sp³-hybridized carbons (Fsp3) is 0.682. The van der Waals surface area contributed by atoms with Crippen LogP contribution in [-0.4, -0.2) is 67.8 Å². The number of hydrogen-bond donors (Lipinski definition) is 2. The molecular weight excluding hydrogens is 491 g/mol. The minimum Gasteiger partial charge on any atom is -0.462 e. The van der Waals surface area contributed by atoms with Crippen molar-refractivity contribution in [2.75, 3.05) is 12.1 Å². The van der Waals surface area contributed by atoms with Crippen molar-refractivity contribution in [2.45, 2.75) is 90.9 Å². The molecule has 3 atom stereocenters. The Morgan fingerprint density at radius 1 is 1.11 bits per heavy atom. The second-order valence-electron chi connectivity index (χ2n) is 9.49. The molecular formula is C22H35N6O7P. The Morgan fingerprint density at radius 2 is 1.78 bits per heavy atom. The number of imidazole rings is 1. The number of nitrogens with two attached hydrogens (primary N) is 1. The molecule has 0 spiro atoms. The van der Waals surface area contributed by atoms with Crippen molar-refractivity contribution in [1.82, 2.24) is 24.6 Å². The number of carbonyl (C=O) groups is 2. The summed E-state index contributed by atoms with van der Waals surface area (Å²) in [6, 6.07) is 0. The van der Waals surface area contributed by atoms with Crippen molar-refractivity contribution in [1.29, 1.82) is 0 Å². The number of esters is 2. The predicted molar refractivity (Wildman–Crippen MR) is 131 cm³/mol. The lowest BCUT2D eigenvalue weighted by atomic mass is 10.3. The van der Waals surface area contributed by atoms with Crippen molar-refractivity contribution < 1.29 is 32.9 Å². The van der Waals surface area contributed by atoms with Crippen LogP contribution in [0, 0.1) is 0 Å². The number of nitrogens with zero attached hydrogens (tertiary/aromatic N) is 4. The Labute approximate surface area is 209 Å². The highest BCUT2D eigenvalue weighted by Gasteiger charge is 2.56. The summed E-state index contributed by atoms with van der Waals surface area (Å²) in [5.74, 6) is -0.925. The summed E-state index contributed by atoms with van der Waals surface area (Å²) in [6.07, 6.45) is 1.04. The number of carbonyl (C=O) groups excluding carboxylic acids is 2. The van der Waals surface area contributed by atoms with Crippen LogP contribution in [0.2, 0.25) is 0 Å². The average Bonchev–Trinajstić information content (AvgIpc) is 3.44. The lowest BCUT2D eigenvalue weighted by Gasteiger charge is -2.28. The van der Waals surface area contributed by atoms with E-state index >= 15 is 0 Å². The molecule has 3 rings (SSSR count). The van der Waals surface area contributed by atoms with E-state index in [-0.39, 0.29) is 18.0 Å². The third kappa shape index (κ3) is 7.00. The van der Waals surface area contributed by atoms with Gasteiger partial charge < -0.3 is 29.0 Å². The molecule has 0 saturated heterocycles. The maximum Gasteiger partial charge on any atom is 0.335 e. The Hall–Kier alpha value is -2.60. The van der Waals surface area contributed by atoms with Crippen LogP contribution in [0.5, 0.6) is 0 Å². The van der Waals surface area contributed by atoms with Crippen LogP contribution < -0.4 is 10.8 Å². The monoisotopic (exact) mass is 526 g/mol. The standard InChI is InChI=1S/C22H35N6O7P/c1-13(2)33-20(29)16(6)35-36(31,27-22(7-8-22)21(30)34-14(3)4)12-32-15(5)9-28-11-26-17-18(23)24-10-25-19(17)28/h10-11,13-16H,7-9,12H2,1-6H3,(H,27,31)(H2,23,24,25)/t15-,16+,36?/m1/s1. The largest absolute Gasteiger partial charge is 0.462 e. The Kier molecular flexibility index (Phi) is 8.71. The molecule has 2 aromatic heterocycles. The summed E-state index contributed by atoms with van der Waals surface area (Å²) in [5.41, 5.74) is 5.70. The smallest absolute Gasteiger partial charge is 0.335 e. The molecule has 13 nitrogen and oxygen atoms in total. The molecule has 2 aromatic rings. The lowest BCUT2D eigenvalue weighted by Crippen LogP contribution is -2.42. The van der Waals surface area contributed by atoms with Gasteiger partial charge in [-0.25, -0.2) is 24.8 Å². The highest BCUT2D eigenvalue weighted by molar-refractivity contribution is 7.56. The van der Waals surface area contributed by atoms with Gasteiger partial charge in [-0.2, -0.15) is 0 Å². The third-order valence-electron chi connectivity index (χ3n) is 5.29. The normalized spacial score (nSPS) is 18.1. The summed E-state index contributed by atoms with van der Waals surface area (Å²) in [4.78, 5) is 37.3. The molecule has 14 heteroatoms. The Balaban J connectivity index is 1.72. The van der Waals surface area contributed by atoms with Gasteiger partial charge in [0.15, 0.2) is 17.6 Å². The van der Waals surface area contributed by atoms with Gasteiger partial charge in [-0.15, -0.1) is 0 Å². The molecule has 0 aromatic carbocycles. The van der Waals surface area contributed by atoms with Crippen molar-refractivity contribution in [3.05, 3.63) is 12.7 Å². The summed E-state index contributed by atoms with van der Waals surface area (Å²) in [7, 11) is -3.87. The van der Waals surface area contributed by atoms with Gasteiger partial charge >= 0.3 is 11.9 Å². The van der Waals surface area contributed by atoms with Crippen molar-refractivity contribution in [3.63, 3.8) is 0 Å².